The molecular weight excluding hydrogens is 449 g/mol. The lowest BCUT2D eigenvalue weighted by molar-refractivity contribution is 0.0314. The number of carbonyl (C=O) groups is 1. The van der Waals surface area contributed by atoms with Gasteiger partial charge in [-0.1, -0.05) is 18.2 Å². The maximum Gasteiger partial charge on any atom is 0.272 e. The van der Waals surface area contributed by atoms with Crippen LogP contribution in [0.1, 0.15) is 43.2 Å². The van der Waals surface area contributed by atoms with E-state index in [1.165, 1.54) is 0 Å². The van der Waals surface area contributed by atoms with Gasteiger partial charge in [-0.3, -0.25) is 14.4 Å². The van der Waals surface area contributed by atoms with Gasteiger partial charge in [-0.05, 0) is 51.8 Å². The molecular formula is C23H37Cl2N5O2. The maximum atomic E-state index is 12.9. The summed E-state index contributed by atoms with van der Waals surface area (Å²) in [5, 5.41) is 8.70. The molecule has 1 aromatic heterocycles. The fourth-order valence-electron chi connectivity index (χ4n) is 4.49. The number of hydrogen-bond donors (Lipinski definition) is 1. The van der Waals surface area contributed by atoms with Crippen LogP contribution in [-0.4, -0.2) is 84.5 Å². The molecule has 2 aliphatic heterocycles. The molecule has 7 nitrogen and oxygen atoms in total. The van der Waals surface area contributed by atoms with Crippen LogP contribution in [0.5, 0.6) is 0 Å². The first-order chi connectivity index (χ1) is 14.6. The number of ether oxygens (including phenoxy) is 1. The average Bonchev–Trinajstić information content (AvgIpc) is 3.18. The molecule has 2 aromatic rings. The van der Waals surface area contributed by atoms with E-state index in [2.05, 4.69) is 34.1 Å². The Balaban J connectivity index is 0.00000181. The van der Waals surface area contributed by atoms with E-state index in [0.717, 1.165) is 82.8 Å². The van der Waals surface area contributed by atoms with Gasteiger partial charge in [0.1, 0.15) is 0 Å². The summed E-state index contributed by atoms with van der Waals surface area (Å²) in [5.74, 6) is 0.493. The van der Waals surface area contributed by atoms with Crippen LogP contribution in [0.15, 0.2) is 24.3 Å². The molecule has 1 amide bonds. The fraction of sp³-hybridized carbons (Fsp3) is 0.652. The first-order valence-corrected chi connectivity index (χ1v) is 11.4. The lowest BCUT2D eigenvalue weighted by Gasteiger charge is -2.34. The van der Waals surface area contributed by atoms with E-state index < -0.39 is 0 Å². The van der Waals surface area contributed by atoms with Crippen LogP contribution in [0.3, 0.4) is 0 Å². The molecule has 32 heavy (non-hydrogen) atoms. The minimum absolute atomic E-state index is 0. The molecule has 3 heterocycles. The zero-order valence-corrected chi connectivity index (χ0v) is 20.8. The van der Waals surface area contributed by atoms with Gasteiger partial charge in [0.2, 0.25) is 0 Å². The Bertz CT molecular complexity index is 846. The highest BCUT2D eigenvalue weighted by Crippen LogP contribution is 2.22. The fourth-order valence-corrected chi connectivity index (χ4v) is 4.49. The SMILES string of the molecule is CC(C)n1nc(C(=O)NCC2CCN(CCN3CCOCC3)CC2)c2ccccc21.Cl.Cl. The van der Waals surface area contributed by atoms with E-state index in [4.69, 9.17) is 4.74 Å². The van der Waals surface area contributed by atoms with Gasteiger partial charge in [0, 0.05) is 44.2 Å². The highest BCUT2D eigenvalue weighted by molar-refractivity contribution is 6.04. The number of fused-ring (bicyclic) bond motifs is 1. The summed E-state index contributed by atoms with van der Waals surface area (Å²) in [6.07, 6.45) is 2.29. The standard InChI is InChI=1S/C23H35N5O2.2ClH/c1-18(2)28-21-6-4-3-5-20(21)22(25-28)23(29)24-17-19-7-9-26(10-8-19)11-12-27-13-15-30-16-14-27;;/h3-6,18-19H,7-17H2,1-2H3,(H,24,29);2*1H. The summed E-state index contributed by atoms with van der Waals surface area (Å²) >= 11 is 0. The van der Waals surface area contributed by atoms with E-state index in [1.54, 1.807) is 0 Å². The largest absolute Gasteiger partial charge is 0.379 e. The van der Waals surface area contributed by atoms with E-state index in [0.29, 0.717) is 11.6 Å². The molecule has 0 spiro atoms. The number of morpholine rings is 1. The number of hydrogen-bond acceptors (Lipinski definition) is 5. The highest BCUT2D eigenvalue weighted by atomic mass is 35.5. The molecule has 1 aromatic carbocycles. The van der Waals surface area contributed by atoms with Gasteiger partial charge >= 0.3 is 0 Å². The Kier molecular flexibility index (Phi) is 10.7. The third-order valence-corrected chi connectivity index (χ3v) is 6.41. The van der Waals surface area contributed by atoms with Gasteiger partial charge in [-0.15, -0.1) is 24.8 Å². The number of aromatic nitrogens is 2. The van der Waals surface area contributed by atoms with Crippen molar-refractivity contribution in [3.63, 3.8) is 0 Å². The van der Waals surface area contributed by atoms with Gasteiger partial charge in [-0.25, -0.2) is 0 Å². The molecule has 0 bridgehead atoms. The van der Waals surface area contributed by atoms with Crippen molar-refractivity contribution < 1.29 is 9.53 Å². The number of para-hydroxylation sites is 1. The Morgan fingerprint density at radius 2 is 1.69 bits per heavy atom. The van der Waals surface area contributed by atoms with Crippen molar-refractivity contribution in [1.29, 1.82) is 0 Å². The van der Waals surface area contributed by atoms with Crippen LogP contribution in [0.25, 0.3) is 10.9 Å². The van der Waals surface area contributed by atoms with Crippen LogP contribution in [0, 0.1) is 5.92 Å². The molecule has 0 radical (unpaired) electrons. The Morgan fingerprint density at radius 3 is 2.34 bits per heavy atom. The monoisotopic (exact) mass is 485 g/mol. The van der Waals surface area contributed by atoms with Crippen molar-refractivity contribution in [3.05, 3.63) is 30.0 Å². The summed E-state index contributed by atoms with van der Waals surface area (Å²) in [6.45, 7) is 13.3. The van der Waals surface area contributed by atoms with E-state index in [1.807, 2.05) is 28.9 Å². The number of benzene rings is 1. The topological polar surface area (TPSA) is 62.6 Å². The molecule has 0 atom stereocenters. The Hall–Kier alpha value is -1.38. The molecule has 2 fully saturated rings. The summed E-state index contributed by atoms with van der Waals surface area (Å²) in [7, 11) is 0. The van der Waals surface area contributed by atoms with E-state index >= 15 is 0 Å². The van der Waals surface area contributed by atoms with Crippen molar-refractivity contribution in [3.8, 4) is 0 Å². The third kappa shape index (κ3) is 6.58. The molecule has 0 unspecified atom stereocenters. The molecule has 2 saturated heterocycles. The van der Waals surface area contributed by atoms with E-state index in [9.17, 15) is 4.79 Å². The molecule has 0 aliphatic carbocycles. The number of piperidine rings is 1. The van der Waals surface area contributed by atoms with Crippen molar-refractivity contribution in [2.24, 2.45) is 5.92 Å². The summed E-state index contributed by atoms with van der Waals surface area (Å²) in [6, 6.07) is 8.21. The predicted octanol–water partition coefficient (Wildman–Crippen LogP) is 3.23. The number of halogens is 2. The summed E-state index contributed by atoms with van der Waals surface area (Å²) in [5.41, 5.74) is 1.56. The Labute approximate surface area is 203 Å². The quantitative estimate of drug-likeness (QED) is 0.651. The van der Waals surface area contributed by atoms with Gasteiger partial charge in [-0.2, -0.15) is 5.10 Å². The minimum Gasteiger partial charge on any atom is -0.379 e. The van der Waals surface area contributed by atoms with Crippen molar-refractivity contribution in [1.82, 2.24) is 24.9 Å². The number of rotatable bonds is 7. The first kappa shape index (κ1) is 26.9. The second-order valence-corrected chi connectivity index (χ2v) is 8.85. The predicted molar refractivity (Wildman–Crippen MR) is 133 cm³/mol. The first-order valence-electron chi connectivity index (χ1n) is 11.4. The van der Waals surface area contributed by atoms with E-state index in [-0.39, 0.29) is 36.8 Å². The molecule has 0 saturated carbocycles. The van der Waals surface area contributed by atoms with Crippen LogP contribution in [0.4, 0.5) is 0 Å². The van der Waals surface area contributed by atoms with Gasteiger partial charge in [0.25, 0.3) is 5.91 Å². The van der Waals surface area contributed by atoms with Crippen LogP contribution >= 0.6 is 24.8 Å². The number of nitrogens with one attached hydrogen (secondary N) is 1. The van der Waals surface area contributed by atoms with Crippen LogP contribution in [-0.2, 0) is 4.74 Å². The molecule has 2 aliphatic rings. The zero-order chi connectivity index (χ0) is 20.9. The summed E-state index contributed by atoms with van der Waals surface area (Å²) in [4.78, 5) is 17.9. The van der Waals surface area contributed by atoms with Gasteiger partial charge < -0.3 is 15.0 Å². The maximum absolute atomic E-state index is 12.9. The molecule has 180 valence electrons. The normalized spacial score (nSPS) is 18.3. The highest BCUT2D eigenvalue weighted by Gasteiger charge is 2.23. The summed E-state index contributed by atoms with van der Waals surface area (Å²) < 4.78 is 7.37. The lowest BCUT2D eigenvalue weighted by atomic mass is 9.96. The molecule has 4 rings (SSSR count). The second-order valence-electron chi connectivity index (χ2n) is 8.85. The zero-order valence-electron chi connectivity index (χ0n) is 19.2. The number of amides is 1. The number of carbonyl (C=O) groups excluding carboxylic acids is 1. The Morgan fingerprint density at radius 1 is 1.06 bits per heavy atom. The van der Waals surface area contributed by atoms with Gasteiger partial charge in [0.15, 0.2) is 5.69 Å². The number of likely N-dealkylation sites (tertiary alicyclic amines) is 1. The van der Waals surface area contributed by atoms with Crippen LogP contribution < -0.4 is 5.32 Å². The number of nitrogens with zero attached hydrogens (tertiary/aromatic N) is 4. The molecule has 9 heteroatoms. The average molecular weight is 486 g/mol. The lowest BCUT2D eigenvalue weighted by Crippen LogP contribution is -2.44. The third-order valence-electron chi connectivity index (χ3n) is 6.41. The van der Waals surface area contributed by atoms with Crippen molar-refractivity contribution in [2.75, 3.05) is 59.0 Å². The second kappa shape index (κ2) is 12.8. The van der Waals surface area contributed by atoms with Crippen molar-refractivity contribution >= 4 is 41.6 Å². The molecule has 1 N–H and O–H groups in total. The minimum atomic E-state index is -0.0552. The van der Waals surface area contributed by atoms with Crippen molar-refractivity contribution in [2.45, 2.75) is 32.7 Å². The van der Waals surface area contributed by atoms with Crippen LogP contribution in [0.2, 0.25) is 0 Å². The van der Waals surface area contributed by atoms with Gasteiger partial charge in [0.05, 0.1) is 18.7 Å². The smallest absolute Gasteiger partial charge is 0.272 e.